The zero-order chi connectivity index (χ0) is 21.5. The van der Waals surface area contributed by atoms with Gasteiger partial charge >= 0.3 is 6.61 Å². The third-order valence-electron chi connectivity index (χ3n) is 3.58. The zero-order valence-corrected chi connectivity index (χ0v) is 15.4. The van der Waals surface area contributed by atoms with E-state index >= 15 is 0 Å². The monoisotopic (exact) mass is 416 g/mol. The fourth-order valence-electron chi connectivity index (χ4n) is 2.19. The lowest BCUT2D eigenvalue weighted by molar-refractivity contribution is -0.0528. The van der Waals surface area contributed by atoms with Crippen LogP contribution in [0.5, 0.6) is 17.5 Å². The van der Waals surface area contributed by atoms with E-state index in [1.165, 1.54) is 56.3 Å². The first-order valence-corrected chi connectivity index (χ1v) is 8.26. The van der Waals surface area contributed by atoms with Gasteiger partial charge in [0.2, 0.25) is 11.8 Å². The minimum atomic E-state index is -2.98. The Morgan fingerprint density at radius 1 is 1.23 bits per heavy atom. The van der Waals surface area contributed by atoms with Crippen molar-refractivity contribution >= 4 is 12.1 Å². The van der Waals surface area contributed by atoms with Gasteiger partial charge in [0.05, 0.1) is 43.2 Å². The molecule has 10 nitrogen and oxygen atoms in total. The highest BCUT2D eigenvalue weighted by Gasteiger charge is 2.11. The Bertz CT molecular complexity index is 1060. The molecule has 0 aliphatic rings. The molecular weight excluding hydrogens is 402 g/mol. The maximum Gasteiger partial charge on any atom is 0.388 e. The van der Waals surface area contributed by atoms with Crippen LogP contribution >= 0.6 is 0 Å². The Kier molecular flexibility index (Phi) is 6.37. The second kappa shape index (κ2) is 9.32. The van der Waals surface area contributed by atoms with Gasteiger partial charge in [-0.1, -0.05) is 0 Å². The summed E-state index contributed by atoms with van der Waals surface area (Å²) in [5.41, 5.74) is 3.16. The number of rotatable bonds is 7. The Hall–Kier alpha value is -4.22. The van der Waals surface area contributed by atoms with Gasteiger partial charge in [-0.25, -0.2) is 20.4 Å². The zero-order valence-electron chi connectivity index (χ0n) is 15.4. The SMILES string of the molecule is COc1cnc(O)c(/C=N/NC(=O)c2cncc(-c3ccc(OC(F)F)nc3)n2)c1. The number of ether oxygens (including phenoxy) is 2. The van der Waals surface area contributed by atoms with Crippen molar-refractivity contribution < 1.29 is 28.2 Å². The summed E-state index contributed by atoms with van der Waals surface area (Å²) in [6, 6.07) is 4.18. The molecule has 3 aromatic rings. The highest BCUT2D eigenvalue weighted by Crippen LogP contribution is 2.19. The minimum absolute atomic E-state index is 0.0504. The van der Waals surface area contributed by atoms with Gasteiger partial charge in [-0.15, -0.1) is 0 Å². The van der Waals surface area contributed by atoms with Crippen LogP contribution in [0, 0.1) is 0 Å². The van der Waals surface area contributed by atoms with Crippen LogP contribution in [0.15, 0.2) is 48.1 Å². The fraction of sp³-hybridized carbons (Fsp3) is 0.111. The van der Waals surface area contributed by atoms with Gasteiger partial charge < -0.3 is 14.6 Å². The molecule has 0 aliphatic heterocycles. The molecule has 0 unspecified atom stereocenters. The number of alkyl halides is 2. The molecule has 0 atom stereocenters. The summed E-state index contributed by atoms with van der Waals surface area (Å²) >= 11 is 0. The molecule has 0 aromatic carbocycles. The van der Waals surface area contributed by atoms with Crippen molar-refractivity contribution in [2.75, 3.05) is 7.11 Å². The van der Waals surface area contributed by atoms with Crippen LogP contribution in [0.2, 0.25) is 0 Å². The van der Waals surface area contributed by atoms with Crippen molar-refractivity contribution in [3.8, 4) is 28.8 Å². The lowest BCUT2D eigenvalue weighted by atomic mass is 10.2. The molecule has 0 bridgehead atoms. The minimum Gasteiger partial charge on any atom is -0.495 e. The number of pyridine rings is 2. The first kappa shape index (κ1) is 20.5. The molecule has 3 rings (SSSR count). The van der Waals surface area contributed by atoms with E-state index in [2.05, 4.69) is 35.2 Å². The van der Waals surface area contributed by atoms with E-state index in [1.807, 2.05) is 0 Å². The number of hydrogen-bond acceptors (Lipinski definition) is 9. The van der Waals surface area contributed by atoms with Crippen LogP contribution in [0.25, 0.3) is 11.3 Å². The highest BCUT2D eigenvalue weighted by molar-refractivity contribution is 5.93. The molecule has 3 aromatic heterocycles. The van der Waals surface area contributed by atoms with Crippen LogP contribution in [0.3, 0.4) is 0 Å². The average Bonchev–Trinajstić information content (AvgIpc) is 2.75. The number of aromatic hydroxyl groups is 1. The molecule has 0 fully saturated rings. The number of nitrogens with one attached hydrogen (secondary N) is 1. The van der Waals surface area contributed by atoms with E-state index in [4.69, 9.17) is 4.74 Å². The van der Waals surface area contributed by atoms with E-state index < -0.39 is 12.5 Å². The van der Waals surface area contributed by atoms with Crippen molar-refractivity contribution in [3.05, 3.63) is 54.2 Å². The van der Waals surface area contributed by atoms with Crippen LogP contribution in [0.4, 0.5) is 8.78 Å². The molecule has 0 spiro atoms. The number of amides is 1. The standard InChI is InChI=1S/C18H14F2N6O4/c1-29-12-4-11(16(27)23-7-12)6-24-26-17(28)14-9-21-8-13(25-14)10-2-3-15(22-5-10)30-18(19)20/h2-9,18H,1H3,(H,23,27)(H,26,28)/b24-6+. The maximum absolute atomic E-state index is 12.3. The highest BCUT2D eigenvalue weighted by atomic mass is 19.3. The largest absolute Gasteiger partial charge is 0.495 e. The van der Waals surface area contributed by atoms with Crippen LogP contribution in [-0.2, 0) is 0 Å². The Morgan fingerprint density at radius 3 is 2.77 bits per heavy atom. The van der Waals surface area contributed by atoms with E-state index in [-0.39, 0.29) is 28.7 Å². The normalized spacial score (nSPS) is 10.9. The number of halogens is 2. The first-order valence-electron chi connectivity index (χ1n) is 8.26. The molecule has 154 valence electrons. The lowest BCUT2D eigenvalue weighted by Crippen LogP contribution is -2.19. The summed E-state index contributed by atoms with van der Waals surface area (Å²) in [4.78, 5) is 27.8. The Labute approximate surface area is 168 Å². The number of carbonyl (C=O) groups excluding carboxylic acids is 1. The fourth-order valence-corrected chi connectivity index (χ4v) is 2.19. The number of hydrazone groups is 1. The molecule has 2 N–H and O–H groups in total. The van der Waals surface area contributed by atoms with Crippen molar-refractivity contribution in [1.29, 1.82) is 0 Å². The molecule has 1 amide bonds. The Balaban J connectivity index is 1.70. The second-order valence-corrected chi connectivity index (χ2v) is 5.54. The number of hydrogen-bond donors (Lipinski definition) is 2. The van der Waals surface area contributed by atoms with Gasteiger partial charge in [-0.05, 0) is 12.1 Å². The predicted octanol–water partition coefficient (Wildman–Crippen LogP) is 2.01. The van der Waals surface area contributed by atoms with Gasteiger partial charge in [-0.2, -0.15) is 13.9 Å². The van der Waals surface area contributed by atoms with Crippen LogP contribution in [-0.4, -0.2) is 50.9 Å². The van der Waals surface area contributed by atoms with E-state index in [0.29, 0.717) is 11.3 Å². The lowest BCUT2D eigenvalue weighted by Gasteiger charge is -2.05. The summed E-state index contributed by atoms with van der Waals surface area (Å²) in [5.74, 6) is -0.804. The topological polar surface area (TPSA) is 132 Å². The molecule has 0 aliphatic carbocycles. The van der Waals surface area contributed by atoms with Gasteiger partial charge in [0.1, 0.15) is 11.4 Å². The van der Waals surface area contributed by atoms with Crippen molar-refractivity contribution in [2.24, 2.45) is 5.10 Å². The number of nitrogens with zero attached hydrogens (tertiary/aromatic N) is 5. The van der Waals surface area contributed by atoms with Crippen LogP contribution < -0.4 is 14.9 Å². The third-order valence-corrected chi connectivity index (χ3v) is 3.58. The van der Waals surface area contributed by atoms with Gasteiger partial charge in [-0.3, -0.25) is 9.78 Å². The molecule has 3 heterocycles. The van der Waals surface area contributed by atoms with E-state index in [1.54, 1.807) is 0 Å². The van der Waals surface area contributed by atoms with Gasteiger partial charge in [0, 0.05) is 17.8 Å². The Morgan fingerprint density at radius 2 is 2.07 bits per heavy atom. The molecule has 0 saturated heterocycles. The summed E-state index contributed by atoms with van der Waals surface area (Å²) in [7, 11) is 1.44. The summed E-state index contributed by atoms with van der Waals surface area (Å²) in [6.07, 6.45) is 6.38. The smallest absolute Gasteiger partial charge is 0.388 e. The summed E-state index contributed by atoms with van der Waals surface area (Å²) in [5, 5.41) is 13.4. The molecular formula is C18H14F2N6O4. The average molecular weight is 416 g/mol. The quantitative estimate of drug-likeness (QED) is 0.442. The number of aromatic nitrogens is 4. The van der Waals surface area contributed by atoms with Crippen molar-refractivity contribution in [1.82, 2.24) is 25.4 Å². The molecule has 0 saturated carbocycles. The summed E-state index contributed by atoms with van der Waals surface area (Å²) < 4.78 is 33.6. The molecule has 30 heavy (non-hydrogen) atoms. The van der Waals surface area contributed by atoms with E-state index in [9.17, 15) is 18.7 Å². The third kappa shape index (κ3) is 5.19. The maximum atomic E-state index is 12.3. The molecule has 0 radical (unpaired) electrons. The summed E-state index contributed by atoms with van der Waals surface area (Å²) in [6.45, 7) is -2.98. The molecule has 12 heteroatoms. The van der Waals surface area contributed by atoms with Crippen LogP contribution in [0.1, 0.15) is 16.1 Å². The predicted molar refractivity (Wildman–Crippen MR) is 99.4 cm³/mol. The number of carbonyl (C=O) groups is 1. The van der Waals surface area contributed by atoms with Crippen molar-refractivity contribution in [2.45, 2.75) is 6.61 Å². The van der Waals surface area contributed by atoms with Crippen molar-refractivity contribution in [3.63, 3.8) is 0 Å². The van der Waals surface area contributed by atoms with E-state index in [0.717, 1.165) is 0 Å². The van der Waals surface area contributed by atoms with Gasteiger partial charge in [0.25, 0.3) is 5.91 Å². The number of methoxy groups -OCH3 is 1. The second-order valence-electron chi connectivity index (χ2n) is 5.54. The van der Waals surface area contributed by atoms with Gasteiger partial charge in [0.15, 0.2) is 0 Å². The first-order chi connectivity index (χ1) is 14.5.